The topological polar surface area (TPSA) is 155 Å². The molecule has 5 aromatic rings. The zero-order valence-electron chi connectivity index (χ0n) is 17.7. The van der Waals surface area contributed by atoms with Crippen LogP contribution in [0, 0.1) is 0 Å². The number of benzene rings is 3. The van der Waals surface area contributed by atoms with Gasteiger partial charge in [-0.25, -0.2) is 0 Å². The average molecular weight is 652 g/mol. The smallest absolute Gasteiger partial charge is 0.199 e. The minimum absolute atomic E-state index is 0.000948. The minimum atomic E-state index is -4.08. The molecule has 0 aliphatic rings. The first kappa shape index (κ1) is 24.4. The van der Waals surface area contributed by atoms with Crippen LogP contribution in [0.1, 0.15) is 0 Å². The Bertz CT molecular complexity index is 1670. The van der Waals surface area contributed by atoms with Crippen LogP contribution in [0.4, 0.5) is 0 Å². The van der Waals surface area contributed by atoms with E-state index in [9.17, 15) is 16.8 Å². The molecule has 0 unspecified atom stereocenters. The third-order valence-corrected chi connectivity index (χ3v) is 9.02. The van der Waals surface area contributed by atoms with Crippen LogP contribution in [0.2, 0.25) is 0 Å². The molecule has 0 N–H and O–H groups in total. The summed E-state index contributed by atoms with van der Waals surface area (Å²) in [7, 11) is -8.16. The molecule has 182 valence electrons. The molecule has 12 nitrogen and oxygen atoms in total. The van der Waals surface area contributed by atoms with Crippen molar-refractivity contribution in [3.05, 3.63) is 81.7 Å². The van der Waals surface area contributed by atoms with Crippen LogP contribution in [-0.2, 0) is 20.0 Å². The van der Waals surface area contributed by atoms with E-state index in [1.165, 1.54) is 24.3 Å². The Labute approximate surface area is 221 Å². The highest BCUT2D eigenvalue weighted by Crippen LogP contribution is 2.27. The van der Waals surface area contributed by atoms with Gasteiger partial charge < -0.3 is 0 Å². The van der Waals surface area contributed by atoms with E-state index >= 15 is 0 Å². The normalized spacial score (nSPS) is 12.1. The summed E-state index contributed by atoms with van der Waals surface area (Å²) in [5.74, 6) is -0.0502. The SMILES string of the molecule is O=S(=O)(c1cccc(Br)c1)n1nnnc1-c1ccc(-c2nnnn2S(=O)(=O)c2cccc(Br)c2)cc1. The van der Waals surface area contributed by atoms with Crippen molar-refractivity contribution in [2.45, 2.75) is 9.79 Å². The predicted octanol–water partition coefficient (Wildman–Crippen LogP) is 2.99. The van der Waals surface area contributed by atoms with Gasteiger partial charge in [0.05, 0.1) is 9.79 Å². The maximum absolute atomic E-state index is 13.1. The highest BCUT2D eigenvalue weighted by molar-refractivity contribution is 9.10. The van der Waals surface area contributed by atoms with Crippen LogP contribution in [0.5, 0.6) is 0 Å². The van der Waals surface area contributed by atoms with E-state index < -0.39 is 20.0 Å². The van der Waals surface area contributed by atoms with Crippen molar-refractivity contribution >= 4 is 51.9 Å². The maximum Gasteiger partial charge on any atom is 0.286 e. The van der Waals surface area contributed by atoms with Gasteiger partial charge >= 0.3 is 0 Å². The number of tetrazole rings is 2. The lowest BCUT2D eigenvalue weighted by atomic mass is 10.1. The van der Waals surface area contributed by atoms with Crippen molar-refractivity contribution in [1.29, 1.82) is 0 Å². The summed E-state index contributed by atoms with van der Waals surface area (Å²) >= 11 is 6.52. The maximum atomic E-state index is 13.1. The van der Waals surface area contributed by atoms with Crippen LogP contribution in [-0.4, -0.2) is 56.1 Å². The number of halogens is 2. The lowest BCUT2D eigenvalue weighted by Gasteiger charge is -2.08. The van der Waals surface area contributed by atoms with Crippen LogP contribution in [0.15, 0.2) is 91.5 Å². The first-order valence-electron chi connectivity index (χ1n) is 9.88. The van der Waals surface area contributed by atoms with Crippen LogP contribution >= 0.6 is 31.9 Å². The molecule has 0 fully saturated rings. The fourth-order valence-electron chi connectivity index (χ4n) is 3.24. The summed E-state index contributed by atoms with van der Waals surface area (Å²) in [5.41, 5.74) is 0.743. The number of hydrogen-bond donors (Lipinski definition) is 0. The first-order chi connectivity index (χ1) is 17.2. The molecule has 0 aliphatic carbocycles. The Kier molecular flexibility index (Phi) is 6.27. The molecular formula is C20H12Br2N8O4S2. The van der Waals surface area contributed by atoms with E-state index in [1.807, 2.05) is 0 Å². The molecule has 0 aliphatic heterocycles. The molecular weight excluding hydrogens is 640 g/mol. The molecule has 0 saturated carbocycles. The Morgan fingerprint density at radius 1 is 0.583 bits per heavy atom. The van der Waals surface area contributed by atoms with Gasteiger partial charge in [0.15, 0.2) is 11.6 Å². The molecule has 2 aromatic heterocycles. The second-order valence-electron chi connectivity index (χ2n) is 7.19. The van der Waals surface area contributed by atoms with Crippen molar-refractivity contribution in [1.82, 2.24) is 39.2 Å². The fourth-order valence-corrected chi connectivity index (χ4v) is 6.79. The largest absolute Gasteiger partial charge is 0.286 e. The van der Waals surface area contributed by atoms with Gasteiger partial charge in [-0.15, -0.1) is 18.4 Å². The zero-order chi connectivity index (χ0) is 25.5. The molecule has 3 aromatic carbocycles. The van der Waals surface area contributed by atoms with Gasteiger partial charge in [0.1, 0.15) is 0 Å². The van der Waals surface area contributed by atoms with Gasteiger partial charge in [-0.2, -0.15) is 16.8 Å². The summed E-state index contributed by atoms with van der Waals surface area (Å²) in [4.78, 5) is -0.00190. The number of hydrogen-bond acceptors (Lipinski definition) is 10. The summed E-state index contributed by atoms with van der Waals surface area (Å²) in [5, 5.41) is 22.1. The van der Waals surface area contributed by atoms with Gasteiger partial charge in [0.2, 0.25) is 0 Å². The third-order valence-electron chi connectivity index (χ3n) is 4.93. The molecule has 16 heteroatoms. The van der Waals surface area contributed by atoms with Gasteiger partial charge in [0.25, 0.3) is 20.0 Å². The van der Waals surface area contributed by atoms with Crippen molar-refractivity contribution < 1.29 is 16.8 Å². The first-order valence-corrected chi connectivity index (χ1v) is 14.3. The van der Waals surface area contributed by atoms with Crippen molar-refractivity contribution in [3.63, 3.8) is 0 Å². The summed E-state index contributed by atoms with van der Waals surface area (Å²) < 4.78 is 55.1. The molecule has 0 atom stereocenters. The third kappa shape index (κ3) is 4.36. The van der Waals surface area contributed by atoms with E-state index in [4.69, 9.17) is 0 Å². The highest BCUT2D eigenvalue weighted by Gasteiger charge is 2.26. The second kappa shape index (κ2) is 9.27. The molecule has 0 radical (unpaired) electrons. The molecule has 0 bridgehead atoms. The number of aromatic nitrogens is 8. The van der Waals surface area contributed by atoms with Gasteiger partial charge in [-0.05, 0) is 57.3 Å². The molecule has 0 saturated heterocycles. The number of nitrogens with zero attached hydrogens (tertiary/aromatic N) is 8. The quantitative estimate of drug-likeness (QED) is 0.267. The minimum Gasteiger partial charge on any atom is -0.199 e. The fraction of sp³-hybridized carbons (Fsp3) is 0. The van der Waals surface area contributed by atoms with Crippen LogP contribution < -0.4 is 0 Å². The lowest BCUT2D eigenvalue weighted by Crippen LogP contribution is -2.16. The van der Waals surface area contributed by atoms with Gasteiger partial charge in [-0.1, -0.05) is 68.3 Å². The summed E-state index contributed by atoms with van der Waals surface area (Å²) in [6, 6.07) is 18.5. The summed E-state index contributed by atoms with van der Waals surface area (Å²) in [6.07, 6.45) is 0. The van der Waals surface area contributed by atoms with E-state index in [0.717, 1.165) is 8.17 Å². The Balaban J connectivity index is 1.51. The predicted molar refractivity (Wildman–Crippen MR) is 134 cm³/mol. The highest BCUT2D eigenvalue weighted by atomic mass is 79.9. The van der Waals surface area contributed by atoms with Gasteiger partial charge in [0, 0.05) is 20.1 Å². The van der Waals surface area contributed by atoms with Crippen molar-refractivity contribution in [2.24, 2.45) is 0 Å². The van der Waals surface area contributed by atoms with E-state index in [1.54, 1.807) is 48.5 Å². The molecule has 0 amide bonds. The zero-order valence-corrected chi connectivity index (χ0v) is 22.5. The van der Waals surface area contributed by atoms with Crippen molar-refractivity contribution in [2.75, 3.05) is 0 Å². The monoisotopic (exact) mass is 650 g/mol. The van der Waals surface area contributed by atoms with Gasteiger partial charge in [-0.3, -0.25) is 0 Å². The molecule has 5 rings (SSSR count). The molecule has 0 spiro atoms. The second-order valence-corrected chi connectivity index (χ2v) is 12.6. The van der Waals surface area contributed by atoms with Crippen LogP contribution in [0.25, 0.3) is 22.8 Å². The Morgan fingerprint density at radius 2 is 0.972 bits per heavy atom. The van der Waals surface area contributed by atoms with E-state index in [2.05, 4.69) is 62.9 Å². The van der Waals surface area contributed by atoms with E-state index in [0.29, 0.717) is 20.1 Å². The number of rotatable bonds is 6. The van der Waals surface area contributed by atoms with Crippen molar-refractivity contribution in [3.8, 4) is 22.8 Å². The Morgan fingerprint density at radius 3 is 1.33 bits per heavy atom. The average Bonchev–Trinajstić information content (AvgIpc) is 3.55. The molecule has 36 heavy (non-hydrogen) atoms. The van der Waals surface area contributed by atoms with Crippen LogP contribution in [0.3, 0.4) is 0 Å². The van der Waals surface area contributed by atoms with E-state index in [-0.39, 0.29) is 21.4 Å². The Hall–Kier alpha value is -3.34. The summed E-state index contributed by atoms with van der Waals surface area (Å²) in [6.45, 7) is 0. The standard InChI is InChI=1S/C20H12Br2N8O4S2/c21-15-3-1-5-17(11-15)35(31,32)29-19(23-25-27-29)13-7-9-14(10-8-13)20-24-26-28-30(20)36(33,34)18-6-2-4-16(22)12-18/h1-12H. The molecule has 2 heterocycles. The lowest BCUT2D eigenvalue weighted by molar-refractivity contribution is 0.576.